The van der Waals surface area contributed by atoms with Gasteiger partial charge in [-0.1, -0.05) is 48.6 Å². The van der Waals surface area contributed by atoms with Crippen molar-refractivity contribution in [1.82, 2.24) is 4.98 Å². The van der Waals surface area contributed by atoms with Crippen molar-refractivity contribution >= 4 is 33.7 Å². The van der Waals surface area contributed by atoms with Crippen LogP contribution in [0.25, 0.3) is 32.9 Å². The van der Waals surface area contributed by atoms with E-state index in [1.54, 1.807) is 24.5 Å². The van der Waals surface area contributed by atoms with Gasteiger partial charge in [0.1, 0.15) is 10.8 Å². The molecular weight excluding hydrogens is 395 g/mol. The van der Waals surface area contributed by atoms with Crippen molar-refractivity contribution in [3.8, 4) is 16.3 Å². The Hall–Kier alpha value is -3.12. The predicted octanol–water partition coefficient (Wildman–Crippen LogP) is 7.16. The number of nitrogens with zero attached hydrogens (tertiary/aromatic N) is 1. The van der Waals surface area contributed by atoms with Gasteiger partial charge in [0.2, 0.25) is 0 Å². The van der Waals surface area contributed by atoms with Crippen LogP contribution in [-0.2, 0) is 6.18 Å². The minimum Gasteiger partial charge on any atom is -0.497 e. The van der Waals surface area contributed by atoms with E-state index in [4.69, 9.17) is 4.74 Å². The molecule has 0 bridgehead atoms. The normalized spacial score (nSPS) is 12.0. The van der Waals surface area contributed by atoms with Crippen LogP contribution in [0.2, 0.25) is 0 Å². The van der Waals surface area contributed by atoms with Gasteiger partial charge in [-0.25, -0.2) is 4.98 Å². The number of aromatic nitrogens is 1. The number of fused-ring (bicyclic) bond motifs is 1. The van der Waals surface area contributed by atoms with E-state index < -0.39 is 11.7 Å². The highest BCUT2D eigenvalue weighted by molar-refractivity contribution is 7.21. The van der Waals surface area contributed by atoms with Crippen molar-refractivity contribution in [3.05, 3.63) is 83.4 Å². The Bertz CT molecular complexity index is 1160. The van der Waals surface area contributed by atoms with Gasteiger partial charge in [0, 0.05) is 5.56 Å². The molecule has 0 unspecified atom stereocenters. The zero-order chi connectivity index (χ0) is 20.4. The molecule has 1 heterocycles. The first-order valence-electron chi connectivity index (χ1n) is 8.83. The van der Waals surface area contributed by atoms with Crippen molar-refractivity contribution in [2.24, 2.45) is 0 Å². The summed E-state index contributed by atoms with van der Waals surface area (Å²) >= 11 is 1.60. The third-order valence-electron chi connectivity index (χ3n) is 4.46. The molecule has 0 aliphatic carbocycles. The maximum Gasteiger partial charge on any atom is 0.416 e. The second-order valence-electron chi connectivity index (χ2n) is 6.43. The molecule has 0 saturated heterocycles. The number of hydrogen-bond donors (Lipinski definition) is 0. The smallest absolute Gasteiger partial charge is 0.416 e. The summed E-state index contributed by atoms with van der Waals surface area (Å²) in [7, 11) is 1.64. The van der Waals surface area contributed by atoms with E-state index in [0.29, 0.717) is 5.56 Å². The summed E-state index contributed by atoms with van der Waals surface area (Å²) in [6.07, 6.45) is -0.654. The Morgan fingerprint density at radius 3 is 2.07 bits per heavy atom. The molecule has 0 amide bonds. The van der Waals surface area contributed by atoms with Gasteiger partial charge in [-0.05, 0) is 41.5 Å². The molecule has 0 aliphatic rings. The van der Waals surface area contributed by atoms with Crippen molar-refractivity contribution in [2.45, 2.75) is 6.18 Å². The predicted molar refractivity (Wildman–Crippen MR) is 112 cm³/mol. The Morgan fingerprint density at radius 1 is 0.862 bits per heavy atom. The number of thiazole rings is 1. The van der Waals surface area contributed by atoms with Gasteiger partial charge in [-0.2, -0.15) is 13.2 Å². The molecule has 0 saturated carbocycles. The van der Waals surface area contributed by atoms with Crippen LogP contribution in [0.1, 0.15) is 16.7 Å². The van der Waals surface area contributed by atoms with Crippen molar-refractivity contribution in [2.75, 3.05) is 7.11 Å². The first kappa shape index (κ1) is 19.2. The van der Waals surface area contributed by atoms with E-state index in [1.807, 2.05) is 48.5 Å². The fraction of sp³-hybridized carbons (Fsp3) is 0.0870. The zero-order valence-electron chi connectivity index (χ0n) is 15.4. The molecule has 0 radical (unpaired) electrons. The lowest BCUT2D eigenvalue weighted by molar-refractivity contribution is -0.137. The Kier molecular flexibility index (Phi) is 5.11. The fourth-order valence-electron chi connectivity index (χ4n) is 2.87. The highest BCUT2D eigenvalue weighted by Crippen LogP contribution is 2.33. The first-order chi connectivity index (χ1) is 13.9. The molecule has 2 nitrogen and oxygen atoms in total. The summed E-state index contributed by atoms with van der Waals surface area (Å²) in [5, 5.41) is 0.923. The van der Waals surface area contributed by atoms with Gasteiger partial charge in [0.15, 0.2) is 0 Å². The molecule has 0 spiro atoms. The van der Waals surface area contributed by atoms with Gasteiger partial charge in [-0.3, -0.25) is 0 Å². The van der Waals surface area contributed by atoms with Crippen LogP contribution >= 0.6 is 11.3 Å². The molecule has 0 aliphatic heterocycles. The molecule has 146 valence electrons. The van der Waals surface area contributed by atoms with E-state index in [9.17, 15) is 13.2 Å². The molecule has 4 rings (SSSR count). The second-order valence-corrected chi connectivity index (χ2v) is 7.46. The van der Waals surface area contributed by atoms with E-state index in [2.05, 4.69) is 4.98 Å². The number of ether oxygens (including phenoxy) is 1. The molecule has 6 heteroatoms. The fourth-order valence-corrected chi connectivity index (χ4v) is 3.87. The SMILES string of the molecule is COc1ccc2nc(-c3ccc(C=Cc4ccc(C(F)(F)F)cc4)cc3)sc2c1. The van der Waals surface area contributed by atoms with Crippen molar-refractivity contribution < 1.29 is 17.9 Å². The molecule has 3 aromatic carbocycles. The van der Waals surface area contributed by atoms with Crippen LogP contribution in [0.4, 0.5) is 13.2 Å². The Morgan fingerprint density at radius 2 is 1.48 bits per heavy atom. The van der Waals surface area contributed by atoms with Crippen molar-refractivity contribution in [3.63, 3.8) is 0 Å². The molecule has 0 atom stereocenters. The lowest BCUT2D eigenvalue weighted by Gasteiger charge is -2.05. The highest BCUT2D eigenvalue weighted by atomic mass is 32.1. The maximum atomic E-state index is 12.6. The summed E-state index contributed by atoms with van der Waals surface area (Å²) < 4.78 is 44.2. The van der Waals surface area contributed by atoms with Crippen LogP contribution in [0.15, 0.2) is 66.7 Å². The van der Waals surface area contributed by atoms with E-state index in [0.717, 1.165) is 44.2 Å². The van der Waals surface area contributed by atoms with Crippen LogP contribution < -0.4 is 4.74 Å². The lowest BCUT2D eigenvalue weighted by Crippen LogP contribution is -2.03. The molecule has 29 heavy (non-hydrogen) atoms. The summed E-state index contributed by atoms with van der Waals surface area (Å²) in [5.74, 6) is 0.802. The number of benzene rings is 3. The zero-order valence-corrected chi connectivity index (χ0v) is 16.2. The minimum absolute atomic E-state index is 0.646. The van der Waals surface area contributed by atoms with Crippen LogP contribution in [-0.4, -0.2) is 12.1 Å². The van der Waals surface area contributed by atoms with Gasteiger partial charge in [-0.15, -0.1) is 11.3 Å². The third kappa shape index (κ3) is 4.32. The first-order valence-corrected chi connectivity index (χ1v) is 9.64. The van der Waals surface area contributed by atoms with Gasteiger partial charge >= 0.3 is 6.18 Å². The average Bonchev–Trinajstić information content (AvgIpc) is 3.15. The summed E-state index contributed by atoms with van der Waals surface area (Å²) in [6.45, 7) is 0. The molecule has 0 fully saturated rings. The average molecular weight is 411 g/mol. The number of hydrogen-bond acceptors (Lipinski definition) is 3. The summed E-state index contributed by atoms with van der Waals surface area (Å²) in [4.78, 5) is 4.66. The van der Waals surface area contributed by atoms with Gasteiger partial charge in [0.05, 0.1) is 22.9 Å². The standard InChI is InChI=1S/C23H16F3NOS/c1-28-19-12-13-20-21(14-19)29-22(27-20)17-8-4-15(5-9-17)2-3-16-6-10-18(11-7-16)23(24,25)26/h2-14H,1H3. The quantitative estimate of drug-likeness (QED) is 0.332. The monoisotopic (exact) mass is 411 g/mol. The minimum atomic E-state index is -4.32. The van der Waals surface area contributed by atoms with E-state index >= 15 is 0 Å². The second kappa shape index (κ2) is 7.72. The summed E-state index contributed by atoms with van der Waals surface area (Å²) in [5.41, 5.74) is 2.96. The van der Waals surface area contributed by atoms with E-state index in [1.165, 1.54) is 12.1 Å². The largest absolute Gasteiger partial charge is 0.497 e. The van der Waals surface area contributed by atoms with E-state index in [-0.39, 0.29) is 0 Å². The van der Waals surface area contributed by atoms with Crippen LogP contribution in [0.5, 0.6) is 5.75 Å². The molecule has 1 aromatic heterocycles. The third-order valence-corrected chi connectivity index (χ3v) is 5.53. The number of rotatable bonds is 4. The molecule has 4 aromatic rings. The number of halogens is 3. The topological polar surface area (TPSA) is 22.1 Å². The van der Waals surface area contributed by atoms with Gasteiger partial charge in [0.25, 0.3) is 0 Å². The number of alkyl halides is 3. The van der Waals surface area contributed by atoms with Crippen LogP contribution in [0, 0.1) is 0 Å². The van der Waals surface area contributed by atoms with Crippen LogP contribution in [0.3, 0.4) is 0 Å². The number of methoxy groups -OCH3 is 1. The summed E-state index contributed by atoms with van der Waals surface area (Å²) in [6, 6.07) is 18.8. The highest BCUT2D eigenvalue weighted by Gasteiger charge is 2.29. The van der Waals surface area contributed by atoms with Crippen molar-refractivity contribution in [1.29, 1.82) is 0 Å². The molecular formula is C23H16F3NOS. The Labute approximate surface area is 169 Å². The maximum absolute atomic E-state index is 12.6. The van der Waals surface area contributed by atoms with Gasteiger partial charge < -0.3 is 4.74 Å². The lowest BCUT2D eigenvalue weighted by atomic mass is 10.1. The molecule has 0 N–H and O–H groups in total. The Balaban J connectivity index is 1.51.